The van der Waals surface area contributed by atoms with Crippen molar-refractivity contribution in [1.29, 1.82) is 0 Å². The number of benzene rings is 6. The molecule has 3 heterocycles. The summed E-state index contributed by atoms with van der Waals surface area (Å²) in [6, 6.07) is 40.7. The fourth-order valence-corrected chi connectivity index (χ4v) is 6.93. The van der Waals surface area contributed by atoms with Gasteiger partial charge in [-0.15, -0.1) is 0 Å². The van der Waals surface area contributed by atoms with Gasteiger partial charge in [0.1, 0.15) is 0 Å². The molecule has 6 heteroatoms. The van der Waals surface area contributed by atoms with Crippen LogP contribution in [0.1, 0.15) is 5.56 Å². The predicted octanol–water partition coefficient (Wildman–Crippen LogP) is 10.5. The number of para-hydroxylation sites is 4. The molecule has 206 valence electrons. The number of halogens is 3. The van der Waals surface area contributed by atoms with E-state index in [0.717, 1.165) is 71.1 Å². The number of hydrogen-bond acceptors (Lipinski definition) is 0. The second-order valence-corrected chi connectivity index (χ2v) is 11.0. The molecule has 43 heavy (non-hydrogen) atoms. The minimum Gasteiger partial charge on any atom is -0.354 e. The molecular weight excluding hydrogens is 543 g/mol. The molecule has 0 atom stereocenters. The van der Waals surface area contributed by atoms with Crippen molar-refractivity contribution in [2.24, 2.45) is 0 Å². The molecule has 0 unspecified atom stereocenters. The summed E-state index contributed by atoms with van der Waals surface area (Å²) < 4.78 is 45.2. The van der Waals surface area contributed by atoms with Gasteiger partial charge >= 0.3 is 6.18 Å². The van der Waals surface area contributed by atoms with Crippen molar-refractivity contribution in [3.63, 3.8) is 0 Å². The minimum atomic E-state index is -4.41. The zero-order valence-electron chi connectivity index (χ0n) is 22.7. The summed E-state index contributed by atoms with van der Waals surface area (Å²) in [7, 11) is 0. The molecule has 9 rings (SSSR count). The van der Waals surface area contributed by atoms with E-state index in [0.29, 0.717) is 5.69 Å². The van der Waals surface area contributed by atoms with Crippen LogP contribution in [0.5, 0.6) is 0 Å². The van der Waals surface area contributed by atoms with Gasteiger partial charge in [0, 0.05) is 49.2 Å². The highest BCUT2D eigenvalue weighted by atomic mass is 19.4. The van der Waals surface area contributed by atoms with Crippen LogP contribution in [0.4, 0.5) is 13.2 Å². The Morgan fingerprint density at radius 3 is 1.58 bits per heavy atom. The molecule has 3 aromatic heterocycles. The first kappa shape index (κ1) is 24.1. The molecule has 0 bridgehead atoms. The van der Waals surface area contributed by atoms with Crippen LogP contribution in [0.15, 0.2) is 127 Å². The molecule has 0 spiro atoms. The van der Waals surface area contributed by atoms with Gasteiger partial charge in [-0.3, -0.25) is 0 Å². The lowest BCUT2D eigenvalue weighted by Crippen LogP contribution is -2.05. The third-order valence-corrected chi connectivity index (χ3v) is 8.65. The Morgan fingerprint density at radius 1 is 0.465 bits per heavy atom. The monoisotopic (exact) mass is 565 g/mol. The lowest BCUT2D eigenvalue weighted by Gasteiger charge is -2.13. The van der Waals surface area contributed by atoms with E-state index in [-0.39, 0.29) is 0 Å². The van der Waals surface area contributed by atoms with Gasteiger partial charge < -0.3 is 14.1 Å². The normalized spacial score (nSPS) is 12.5. The summed E-state index contributed by atoms with van der Waals surface area (Å²) in [5, 5.41) is 6.46. The summed E-state index contributed by atoms with van der Waals surface area (Å²) in [6.07, 6.45) is -4.41. The topological polar surface area (TPSA) is 25.6 Å². The second-order valence-electron chi connectivity index (χ2n) is 11.0. The maximum atomic E-state index is 13.6. The molecule has 0 amide bonds. The highest BCUT2D eigenvalue weighted by Crippen LogP contribution is 2.48. The van der Waals surface area contributed by atoms with E-state index in [2.05, 4.69) is 74.8 Å². The fraction of sp³-hybridized carbons (Fsp3) is 0.0270. The van der Waals surface area contributed by atoms with Crippen LogP contribution < -0.4 is 0 Å². The summed E-state index contributed by atoms with van der Waals surface area (Å²) in [4.78, 5) is 3.75. The van der Waals surface area contributed by atoms with Gasteiger partial charge in [-0.05, 0) is 54.6 Å². The zero-order valence-corrected chi connectivity index (χ0v) is 22.7. The number of nitrogens with zero attached hydrogens (tertiary/aromatic N) is 2. The number of rotatable bonds is 2. The van der Waals surface area contributed by atoms with Crippen LogP contribution >= 0.6 is 0 Å². The number of nitrogens with one attached hydrogen (secondary N) is 1. The quantitative estimate of drug-likeness (QED) is 0.216. The maximum Gasteiger partial charge on any atom is 0.416 e. The lowest BCUT2D eigenvalue weighted by atomic mass is 10.0. The molecule has 1 N–H and O–H groups in total. The second kappa shape index (κ2) is 8.52. The van der Waals surface area contributed by atoms with E-state index < -0.39 is 11.7 Å². The first-order chi connectivity index (χ1) is 21.0. The molecular formula is C37H22F3N3. The highest BCUT2D eigenvalue weighted by Gasteiger charge is 2.31. The van der Waals surface area contributed by atoms with Crippen LogP contribution in [0.2, 0.25) is 0 Å². The van der Waals surface area contributed by atoms with Crippen molar-refractivity contribution in [3.05, 3.63) is 133 Å². The van der Waals surface area contributed by atoms with Crippen LogP contribution in [-0.2, 0) is 6.18 Å². The Hall–Kier alpha value is -5.49. The third kappa shape index (κ3) is 3.26. The molecule has 3 nitrogen and oxygen atoms in total. The van der Waals surface area contributed by atoms with E-state index in [9.17, 15) is 13.2 Å². The van der Waals surface area contributed by atoms with Gasteiger partial charge in [-0.1, -0.05) is 72.8 Å². The molecule has 0 saturated heterocycles. The average molecular weight is 566 g/mol. The molecule has 9 aromatic rings. The van der Waals surface area contributed by atoms with Gasteiger partial charge in [0.05, 0.1) is 33.1 Å². The molecule has 0 aliphatic rings. The largest absolute Gasteiger partial charge is 0.416 e. The van der Waals surface area contributed by atoms with Gasteiger partial charge in [-0.2, -0.15) is 13.2 Å². The van der Waals surface area contributed by atoms with Gasteiger partial charge in [-0.25, -0.2) is 0 Å². The number of alkyl halides is 3. The van der Waals surface area contributed by atoms with E-state index >= 15 is 0 Å². The molecule has 0 saturated carbocycles. The van der Waals surface area contributed by atoms with Crippen molar-refractivity contribution in [2.75, 3.05) is 0 Å². The van der Waals surface area contributed by atoms with E-state index in [1.807, 2.05) is 42.5 Å². The Balaban J connectivity index is 1.60. The first-order valence-electron chi connectivity index (χ1n) is 14.1. The minimum absolute atomic E-state index is 0.666. The molecule has 0 fully saturated rings. The van der Waals surface area contributed by atoms with Gasteiger partial charge in [0.15, 0.2) is 0 Å². The van der Waals surface area contributed by atoms with Crippen LogP contribution in [0.3, 0.4) is 0 Å². The van der Waals surface area contributed by atoms with E-state index in [4.69, 9.17) is 0 Å². The molecule has 0 aliphatic carbocycles. The standard InChI is InChI=1S/C37H22F3N3/c38-37(39,40)22-18-20-24(21-19-22)43-30-17-9-6-14-27(30)33-35(43)31-25-12-4-7-15-28(25)41-34(31)32-26-13-5-8-16-29(26)42(36(32)33)23-10-2-1-3-11-23/h1-21,41H. The van der Waals surface area contributed by atoms with Crippen molar-refractivity contribution in [2.45, 2.75) is 6.18 Å². The Bertz CT molecular complexity index is 2530. The molecule has 6 aromatic carbocycles. The summed E-state index contributed by atoms with van der Waals surface area (Å²) in [5.41, 5.74) is 7.09. The summed E-state index contributed by atoms with van der Waals surface area (Å²) in [6.45, 7) is 0. The number of aromatic amines is 1. The Kier molecular flexibility index (Phi) is 4.78. The van der Waals surface area contributed by atoms with Crippen molar-refractivity contribution in [1.82, 2.24) is 14.1 Å². The smallest absolute Gasteiger partial charge is 0.354 e. The van der Waals surface area contributed by atoms with Crippen molar-refractivity contribution >= 4 is 65.4 Å². The van der Waals surface area contributed by atoms with Crippen molar-refractivity contribution < 1.29 is 13.2 Å². The SMILES string of the molecule is FC(F)(F)c1ccc(-n2c3ccccc3c3c4c(c5ccccc5n4-c4ccccc4)c4[nH]c5ccccc5c4c32)cc1. The van der Waals surface area contributed by atoms with Crippen LogP contribution in [0.25, 0.3) is 76.8 Å². The lowest BCUT2D eigenvalue weighted by molar-refractivity contribution is -0.137. The summed E-state index contributed by atoms with van der Waals surface area (Å²) in [5.74, 6) is 0. The average Bonchev–Trinajstić information content (AvgIpc) is 3.69. The fourth-order valence-electron chi connectivity index (χ4n) is 6.93. The van der Waals surface area contributed by atoms with Crippen LogP contribution in [0, 0.1) is 0 Å². The predicted molar refractivity (Wildman–Crippen MR) is 169 cm³/mol. The first-order valence-corrected chi connectivity index (χ1v) is 14.1. The van der Waals surface area contributed by atoms with E-state index in [1.54, 1.807) is 12.1 Å². The Morgan fingerprint density at radius 2 is 0.953 bits per heavy atom. The molecule has 0 aliphatic heterocycles. The maximum absolute atomic E-state index is 13.6. The molecule has 0 radical (unpaired) electrons. The van der Waals surface area contributed by atoms with Crippen molar-refractivity contribution in [3.8, 4) is 11.4 Å². The van der Waals surface area contributed by atoms with Gasteiger partial charge in [0.25, 0.3) is 0 Å². The number of fused-ring (bicyclic) bond motifs is 12. The number of hydrogen-bond donors (Lipinski definition) is 1. The van der Waals surface area contributed by atoms with E-state index in [1.165, 1.54) is 12.1 Å². The van der Waals surface area contributed by atoms with Crippen LogP contribution in [-0.4, -0.2) is 14.1 Å². The zero-order chi connectivity index (χ0) is 28.9. The van der Waals surface area contributed by atoms with Gasteiger partial charge in [0.2, 0.25) is 0 Å². The Labute approximate surface area is 243 Å². The third-order valence-electron chi connectivity index (χ3n) is 8.65. The highest BCUT2D eigenvalue weighted by molar-refractivity contribution is 6.39. The number of H-pyrrole nitrogens is 1. The summed E-state index contributed by atoms with van der Waals surface area (Å²) >= 11 is 0. The number of aromatic nitrogens is 3.